The van der Waals surface area contributed by atoms with Gasteiger partial charge in [0.1, 0.15) is 5.82 Å². The van der Waals surface area contributed by atoms with Crippen LogP contribution in [0.3, 0.4) is 0 Å². The number of carbonyl (C=O) groups is 1. The van der Waals surface area contributed by atoms with Crippen molar-refractivity contribution in [3.8, 4) is 0 Å². The summed E-state index contributed by atoms with van der Waals surface area (Å²) in [5.41, 5.74) is 3.38. The van der Waals surface area contributed by atoms with E-state index in [0.29, 0.717) is 29.5 Å². The Bertz CT molecular complexity index is 504. The largest absolute Gasteiger partial charge is 0.337 e. The first-order valence-corrected chi connectivity index (χ1v) is 7.19. The van der Waals surface area contributed by atoms with Crippen LogP contribution in [0.15, 0.2) is 12.1 Å². The molecule has 0 radical (unpaired) electrons. The Morgan fingerprint density at radius 3 is 2.90 bits per heavy atom. The number of anilines is 1. The molecule has 0 saturated carbocycles. The molecule has 110 valence electrons. The maximum Gasteiger partial charge on any atom is 0.222 e. The summed E-state index contributed by atoms with van der Waals surface area (Å²) >= 11 is 6.15. The number of carbonyl (C=O) groups excluding carboxylic acids is 1. The smallest absolute Gasteiger partial charge is 0.222 e. The average Bonchev–Trinajstić information content (AvgIpc) is 2.54. The zero-order valence-corrected chi connectivity index (χ0v) is 12.7. The molecule has 1 amide bonds. The van der Waals surface area contributed by atoms with Gasteiger partial charge < -0.3 is 10.3 Å². The van der Waals surface area contributed by atoms with Gasteiger partial charge in [0.2, 0.25) is 5.91 Å². The molecule has 3 N–H and O–H groups in total. The molecule has 0 spiro atoms. The predicted molar refractivity (Wildman–Crippen MR) is 80.1 cm³/mol. The molecule has 1 saturated heterocycles. The van der Waals surface area contributed by atoms with E-state index in [2.05, 4.69) is 24.3 Å². The number of amides is 1. The molecule has 2 rings (SSSR count). The quantitative estimate of drug-likeness (QED) is 0.664. The van der Waals surface area contributed by atoms with E-state index in [1.165, 1.54) is 0 Å². The Kier molecular flexibility index (Phi) is 4.50. The molecule has 1 aromatic heterocycles. The lowest BCUT2D eigenvalue weighted by Crippen LogP contribution is -2.30. The molecular weight excluding hydrogens is 276 g/mol. The lowest BCUT2D eigenvalue weighted by atomic mass is 9.85. The summed E-state index contributed by atoms with van der Waals surface area (Å²) in [4.78, 5) is 18.3. The minimum absolute atomic E-state index is 0.166. The first-order valence-electron chi connectivity index (χ1n) is 6.81. The number of nitrogens with zero attached hydrogens (tertiary/aromatic N) is 2. The average molecular weight is 297 g/mol. The van der Waals surface area contributed by atoms with E-state index in [9.17, 15) is 4.79 Å². The molecule has 1 aliphatic rings. The molecule has 6 heteroatoms. The third-order valence-corrected chi connectivity index (χ3v) is 4.18. The zero-order valence-electron chi connectivity index (χ0n) is 11.9. The lowest BCUT2D eigenvalue weighted by Gasteiger charge is -2.23. The number of rotatable bonds is 3. The summed E-state index contributed by atoms with van der Waals surface area (Å²) in [5.74, 6) is 6.07. The molecule has 0 aromatic carbocycles. The van der Waals surface area contributed by atoms with Gasteiger partial charge in [-0.3, -0.25) is 4.79 Å². The van der Waals surface area contributed by atoms with Crippen LogP contribution in [0.5, 0.6) is 0 Å². The van der Waals surface area contributed by atoms with E-state index in [-0.39, 0.29) is 11.3 Å². The van der Waals surface area contributed by atoms with Crippen LogP contribution in [0.2, 0.25) is 5.02 Å². The molecule has 0 bridgehead atoms. The van der Waals surface area contributed by atoms with E-state index >= 15 is 0 Å². The number of likely N-dealkylation sites (tertiary alicyclic amines) is 1. The van der Waals surface area contributed by atoms with Crippen molar-refractivity contribution in [3.05, 3.63) is 22.8 Å². The van der Waals surface area contributed by atoms with Crippen molar-refractivity contribution in [2.45, 2.75) is 39.7 Å². The highest BCUT2D eigenvalue weighted by Gasteiger charge is 2.27. The van der Waals surface area contributed by atoms with Gasteiger partial charge in [-0.15, -0.1) is 0 Å². The van der Waals surface area contributed by atoms with Crippen molar-refractivity contribution in [2.24, 2.45) is 11.3 Å². The first kappa shape index (κ1) is 15.1. The molecule has 1 fully saturated rings. The highest BCUT2D eigenvalue weighted by atomic mass is 35.5. The zero-order chi connectivity index (χ0) is 14.8. The van der Waals surface area contributed by atoms with Gasteiger partial charge in [0.15, 0.2) is 0 Å². The van der Waals surface area contributed by atoms with Gasteiger partial charge in [0.25, 0.3) is 0 Å². The monoisotopic (exact) mass is 296 g/mol. The van der Waals surface area contributed by atoms with Crippen LogP contribution in [0.25, 0.3) is 0 Å². The van der Waals surface area contributed by atoms with Crippen LogP contribution in [0.4, 0.5) is 5.82 Å². The molecule has 2 heterocycles. The number of nitrogens with two attached hydrogens (primary N) is 1. The molecule has 0 atom stereocenters. The van der Waals surface area contributed by atoms with Crippen molar-refractivity contribution < 1.29 is 4.79 Å². The summed E-state index contributed by atoms with van der Waals surface area (Å²) in [5, 5.41) is 0.556. The van der Waals surface area contributed by atoms with Crippen LogP contribution in [0, 0.1) is 5.41 Å². The topological polar surface area (TPSA) is 71.2 Å². The standard InChI is InChI=1S/C14H21ClN4O/c1-14(2)6-5-13(20)19(8-7-14)9-11-10(15)3-4-12(17-11)18-16/h3-4H,5-9,16H2,1-2H3,(H,17,18). The molecular formula is C14H21ClN4O. The molecule has 5 nitrogen and oxygen atoms in total. The highest BCUT2D eigenvalue weighted by Crippen LogP contribution is 2.31. The van der Waals surface area contributed by atoms with Gasteiger partial charge in [-0.25, -0.2) is 10.8 Å². The fourth-order valence-corrected chi connectivity index (χ4v) is 2.48. The van der Waals surface area contributed by atoms with Gasteiger partial charge in [-0.1, -0.05) is 25.4 Å². The Hall–Kier alpha value is -1.33. The molecule has 0 aliphatic carbocycles. The molecule has 1 aromatic rings. The number of aromatic nitrogens is 1. The van der Waals surface area contributed by atoms with Gasteiger partial charge in [-0.2, -0.15) is 0 Å². The Morgan fingerprint density at radius 1 is 1.45 bits per heavy atom. The van der Waals surface area contributed by atoms with Gasteiger partial charge in [0.05, 0.1) is 17.3 Å². The second-order valence-electron chi connectivity index (χ2n) is 6.00. The number of nitrogen functional groups attached to an aromatic ring is 1. The van der Waals surface area contributed by atoms with E-state index in [0.717, 1.165) is 19.4 Å². The summed E-state index contributed by atoms with van der Waals surface area (Å²) in [6, 6.07) is 3.45. The highest BCUT2D eigenvalue weighted by molar-refractivity contribution is 6.31. The third kappa shape index (κ3) is 3.61. The Balaban J connectivity index is 2.14. The summed E-state index contributed by atoms with van der Waals surface area (Å²) in [6.45, 7) is 5.58. The lowest BCUT2D eigenvalue weighted by molar-refractivity contribution is -0.131. The van der Waals surface area contributed by atoms with Crippen LogP contribution in [-0.2, 0) is 11.3 Å². The number of nitrogens with one attached hydrogen (secondary N) is 1. The minimum atomic E-state index is 0.166. The number of hydrogen-bond donors (Lipinski definition) is 2. The fourth-order valence-electron chi connectivity index (χ4n) is 2.31. The van der Waals surface area contributed by atoms with Crippen molar-refractivity contribution in [1.82, 2.24) is 9.88 Å². The van der Waals surface area contributed by atoms with Crippen LogP contribution >= 0.6 is 11.6 Å². The molecule has 1 aliphatic heterocycles. The van der Waals surface area contributed by atoms with Crippen molar-refractivity contribution in [2.75, 3.05) is 12.0 Å². The summed E-state index contributed by atoms with van der Waals surface area (Å²) < 4.78 is 0. The number of halogens is 1. The SMILES string of the molecule is CC1(C)CCC(=O)N(Cc2nc(NN)ccc2Cl)CC1. The fraction of sp³-hybridized carbons (Fsp3) is 0.571. The Labute approximate surface area is 124 Å². The summed E-state index contributed by atoms with van der Waals surface area (Å²) in [6.07, 6.45) is 2.50. The third-order valence-electron chi connectivity index (χ3n) is 3.83. The maximum absolute atomic E-state index is 12.2. The van der Waals surface area contributed by atoms with Crippen molar-refractivity contribution in [1.29, 1.82) is 0 Å². The second-order valence-corrected chi connectivity index (χ2v) is 6.41. The normalized spacial score (nSPS) is 18.8. The van der Waals surface area contributed by atoms with E-state index in [1.807, 2.05) is 4.90 Å². The molecule has 0 unspecified atom stereocenters. The first-order chi connectivity index (χ1) is 9.41. The maximum atomic E-state index is 12.2. The minimum Gasteiger partial charge on any atom is -0.337 e. The van der Waals surface area contributed by atoms with Gasteiger partial charge >= 0.3 is 0 Å². The Morgan fingerprint density at radius 2 is 2.20 bits per heavy atom. The van der Waals surface area contributed by atoms with Crippen LogP contribution < -0.4 is 11.3 Å². The summed E-state index contributed by atoms with van der Waals surface area (Å²) in [7, 11) is 0. The van der Waals surface area contributed by atoms with E-state index in [1.54, 1.807) is 12.1 Å². The second kappa shape index (κ2) is 5.97. The van der Waals surface area contributed by atoms with Gasteiger partial charge in [0, 0.05) is 13.0 Å². The molecule has 20 heavy (non-hydrogen) atoms. The predicted octanol–water partition coefficient (Wildman–Crippen LogP) is 2.56. The number of pyridine rings is 1. The number of hydrogen-bond acceptors (Lipinski definition) is 4. The number of hydrazine groups is 1. The van der Waals surface area contributed by atoms with Gasteiger partial charge in [-0.05, 0) is 30.4 Å². The van der Waals surface area contributed by atoms with Crippen LogP contribution in [-0.4, -0.2) is 22.3 Å². The van der Waals surface area contributed by atoms with E-state index < -0.39 is 0 Å². The van der Waals surface area contributed by atoms with Crippen molar-refractivity contribution >= 4 is 23.3 Å². The van der Waals surface area contributed by atoms with Crippen molar-refractivity contribution in [3.63, 3.8) is 0 Å². The van der Waals surface area contributed by atoms with Crippen LogP contribution in [0.1, 0.15) is 38.8 Å². The van der Waals surface area contributed by atoms with E-state index in [4.69, 9.17) is 17.4 Å².